The molecule has 2 rings (SSSR count). The fraction of sp³-hybridized carbons (Fsp3) is 0.625. The number of hydrogen-bond acceptors (Lipinski definition) is 5. The standard InChI is InChI=1S/C8H10O5/c1-4-7-5(12-8(9)13-7)3-6(10-2)11-4/h3-4,6-7H,1-2H3. The van der Waals surface area contributed by atoms with E-state index in [2.05, 4.69) is 0 Å². The molecule has 2 aliphatic rings. The Hall–Kier alpha value is -1.07. The van der Waals surface area contributed by atoms with E-state index in [0.29, 0.717) is 5.76 Å². The summed E-state index contributed by atoms with van der Waals surface area (Å²) in [7, 11) is 1.52. The quantitative estimate of drug-likeness (QED) is 0.567. The number of fused-ring (bicyclic) bond motifs is 1. The predicted octanol–water partition coefficient (Wildman–Crippen LogP) is 0.797. The lowest BCUT2D eigenvalue weighted by Gasteiger charge is -2.26. The summed E-state index contributed by atoms with van der Waals surface area (Å²) < 4.78 is 20.0. The SMILES string of the molecule is COC1C=C2OC(=O)OC2C(C)O1. The van der Waals surface area contributed by atoms with Crippen molar-refractivity contribution >= 4 is 6.16 Å². The van der Waals surface area contributed by atoms with E-state index >= 15 is 0 Å². The van der Waals surface area contributed by atoms with Gasteiger partial charge in [-0.15, -0.1) is 0 Å². The normalized spacial score (nSPS) is 37.5. The highest BCUT2D eigenvalue weighted by Crippen LogP contribution is 2.29. The molecule has 72 valence electrons. The van der Waals surface area contributed by atoms with Gasteiger partial charge in [-0.05, 0) is 6.92 Å². The Labute approximate surface area is 75.2 Å². The number of methoxy groups -OCH3 is 1. The van der Waals surface area contributed by atoms with Gasteiger partial charge in [-0.3, -0.25) is 0 Å². The molecule has 3 unspecified atom stereocenters. The molecule has 0 aromatic rings. The van der Waals surface area contributed by atoms with Crippen molar-refractivity contribution < 1.29 is 23.7 Å². The fourth-order valence-electron chi connectivity index (χ4n) is 1.38. The third-order valence-electron chi connectivity index (χ3n) is 2.01. The van der Waals surface area contributed by atoms with Crippen LogP contribution in [0.15, 0.2) is 11.8 Å². The summed E-state index contributed by atoms with van der Waals surface area (Å²) in [6, 6.07) is 0. The van der Waals surface area contributed by atoms with Gasteiger partial charge < -0.3 is 18.9 Å². The molecule has 13 heavy (non-hydrogen) atoms. The lowest BCUT2D eigenvalue weighted by Crippen LogP contribution is -2.36. The van der Waals surface area contributed by atoms with Crippen LogP contribution < -0.4 is 0 Å². The minimum absolute atomic E-state index is 0.239. The van der Waals surface area contributed by atoms with Crippen LogP contribution >= 0.6 is 0 Å². The van der Waals surface area contributed by atoms with Crippen LogP contribution in [0.4, 0.5) is 4.79 Å². The predicted molar refractivity (Wildman–Crippen MR) is 40.8 cm³/mol. The van der Waals surface area contributed by atoms with Crippen molar-refractivity contribution in [3.8, 4) is 0 Å². The highest BCUT2D eigenvalue weighted by molar-refractivity contribution is 5.65. The zero-order valence-corrected chi connectivity index (χ0v) is 7.35. The Morgan fingerprint density at radius 2 is 2.31 bits per heavy atom. The van der Waals surface area contributed by atoms with Gasteiger partial charge in [0.15, 0.2) is 18.2 Å². The first-order valence-electron chi connectivity index (χ1n) is 3.99. The molecule has 5 heteroatoms. The van der Waals surface area contributed by atoms with Crippen molar-refractivity contribution in [3.63, 3.8) is 0 Å². The van der Waals surface area contributed by atoms with Gasteiger partial charge >= 0.3 is 6.16 Å². The Morgan fingerprint density at radius 1 is 1.54 bits per heavy atom. The lowest BCUT2D eigenvalue weighted by molar-refractivity contribution is -0.151. The van der Waals surface area contributed by atoms with Crippen LogP contribution in [0, 0.1) is 0 Å². The van der Waals surface area contributed by atoms with E-state index in [1.54, 1.807) is 13.0 Å². The third-order valence-corrected chi connectivity index (χ3v) is 2.01. The molecule has 0 spiro atoms. The van der Waals surface area contributed by atoms with Gasteiger partial charge in [0.1, 0.15) is 6.10 Å². The summed E-state index contributed by atoms with van der Waals surface area (Å²) in [4.78, 5) is 10.8. The van der Waals surface area contributed by atoms with Gasteiger partial charge in [0, 0.05) is 13.2 Å². The molecule has 0 aliphatic carbocycles. The topological polar surface area (TPSA) is 54.0 Å². The van der Waals surface area contributed by atoms with Gasteiger partial charge in [0.05, 0.1) is 0 Å². The highest BCUT2D eigenvalue weighted by atomic mass is 16.8. The van der Waals surface area contributed by atoms with Crippen molar-refractivity contribution in [3.05, 3.63) is 11.8 Å². The van der Waals surface area contributed by atoms with Crippen LogP contribution in [0.3, 0.4) is 0 Å². The Morgan fingerprint density at radius 3 is 3.00 bits per heavy atom. The highest BCUT2D eigenvalue weighted by Gasteiger charge is 2.41. The second kappa shape index (κ2) is 3.01. The van der Waals surface area contributed by atoms with Crippen molar-refractivity contribution in [2.24, 2.45) is 0 Å². The Bertz CT molecular complexity index is 259. The maximum Gasteiger partial charge on any atom is 0.514 e. The molecule has 0 amide bonds. The number of carbonyl (C=O) groups excluding carboxylic acids is 1. The van der Waals surface area contributed by atoms with Crippen molar-refractivity contribution in [1.82, 2.24) is 0 Å². The second-order valence-electron chi connectivity index (χ2n) is 2.90. The number of hydrogen-bond donors (Lipinski definition) is 0. The van der Waals surface area contributed by atoms with Crippen LogP contribution in [-0.4, -0.2) is 31.8 Å². The summed E-state index contributed by atoms with van der Waals surface area (Å²) in [5.41, 5.74) is 0. The van der Waals surface area contributed by atoms with E-state index in [9.17, 15) is 4.79 Å². The van der Waals surface area contributed by atoms with Crippen molar-refractivity contribution in [1.29, 1.82) is 0 Å². The summed E-state index contributed by atoms with van der Waals surface area (Å²) in [6.45, 7) is 1.80. The van der Waals surface area contributed by atoms with Crippen LogP contribution in [0.2, 0.25) is 0 Å². The zero-order valence-electron chi connectivity index (χ0n) is 7.35. The lowest BCUT2D eigenvalue weighted by atomic mass is 10.1. The molecular formula is C8H10O5. The van der Waals surface area contributed by atoms with Crippen LogP contribution in [0.5, 0.6) is 0 Å². The van der Waals surface area contributed by atoms with Gasteiger partial charge in [0.2, 0.25) is 0 Å². The summed E-state index contributed by atoms with van der Waals surface area (Å²) in [6.07, 6.45) is -0.204. The van der Waals surface area contributed by atoms with Crippen LogP contribution in [0.25, 0.3) is 0 Å². The maximum absolute atomic E-state index is 10.8. The number of rotatable bonds is 1. The monoisotopic (exact) mass is 186 g/mol. The van der Waals surface area contributed by atoms with E-state index in [4.69, 9.17) is 18.9 Å². The smallest absolute Gasteiger partial charge is 0.420 e. The molecule has 1 fully saturated rings. The largest absolute Gasteiger partial charge is 0.514 e. The summed E-state index contributed by atoms with van der Waals surface area (Å²) in [5, 5.41) is 0. The molecule has 0 aromatic carbocycles. The molecule has 0 radical (unpaired) electrons. The fourth-order valence-corrected chi connectivity index (χ4v) is 1.38. The molecule has 0 N–H and O–H groups in total. The minimum Gasteiger partial charge on any atom is -0.420 e. The van der Waals surface area contributed by atoms with Gasteiger partial charge in [0.25, 0.3) is 0 Å². The van der Waals surface area contributed by atoms with Crippen molar-refractivity contribution in [2.75, 3.05) is 7.11 Å². The molecule has 1 saturated heterocycles. The Kier molecular flexibility index (Phi) is 1.97. The second-order valence-corrected chi connectivity index (χ2v) is 2.90. The van der Waals surface area contributed by atoms with Crippen LogP contribution in [-0.2, 0) is 18.9 Å². The van der Waals surface area contributed by atoms with E-state index in [1.165, 1.54) is 7.11 Å². The third kappa shape index (κ3) is 1.40. The van der Waals surface area contributed by atoms with Gasteiger partial charge in [-0.2, -0.15) is 0 Å². The molecule has 2 heterocycles. The Balaban J connectivity index is 2.21. The van der Waals surface area contributed by atoms with E-state index in [-0.39, 0.29) is 6.10 Å². The summed E-state index contributed by atoms with van der Waals surface area (Å²) in [5.74, 6) is 0.482. The van der Waals surface area contributed by atoms with Crippen LogP contribution in [0.1, 0.15) is 6.92 Å². The maximum atomic E-state index is 10.8. The van der Waals surface area contributed by atoms with E-state index in [1.807, 2.05) is 0 Å². The molecule has 2 aliphatic heterocycles. The summed E-state index contributed by atoms with van der Waals surface area (Å²) >= 11 is 0. The first-order valence-corrected chi connectivity index (χ1v) is 3.99. The minimum atomic E-state index is -0.677. The van der Waals surface area contributed by atoms with E-state index < -0.39 is 18.5 Å². The van der Waals surface area contributed by atoms with Gasteiger partial charge in [-0.25, -0.2) is 4.79 Å². The molecule has 3 atom stereocenters. The average Bonchev–Trinajstić information content (AvgIpc) is 2.46. The number of ether oxygens (including phenoxy) is 4. The molecule has 0 bridgehead atoms. The molecule has 0 saturated carbocycles. The first kappa shape index (κ1) is 8.52. The molecule has 5 nitrogen and oxygen atoms in total. The first-order chi connectivity index (χ1) is 6.20. The average molecular weight is 186 g/mol. The molecule has 0 aromatic heterocycles. The molecular weight excluding hydrogens is 176 g/mol. The number of carbonyl (C=O) groups is 1. The zero-order chi connectivity index (χ0) is 9.42. The van der Waals surface area contributed by atoms with Crippen molar-refractivity contribution in [2.45, 2.75) is 25.4 Å². The van der Waals surface area contributed by atoms with Gasteiger partial charge in [-0.1, -0.05) is 0 Å². The van der Waals surface area contributed by atoms with E-state index in [0.717, 1.165) is 0 Å².